The van der Waals surface area contributed by atoms with E-state index >= 15 is 4.79 Å². The van der Waals surface area contributed by atoms with Crippen LogP contribution < -0.4 is 98.2 Å². The molecule has 5 rings (SSSR count). The molecule has 14 atom stereocenters. The molecule has 690 valence electrons. The molecule has 1 aromatic heterocycles. The van der Waals surface area contributed by atoms with Crippen molar-refractivity contribution >= 4 is 105 Å². The molecule has 0 bridgehead atoms. The predicted octanol–water partition coefficient (Wildman–Crippen LogP) is -1.74. The molecule has 0 saturated carbocycles. The Labute approximate surface area is 724 Å². The van der Waals surface area contributed by atoms with Gasteiger partial charge in [-0.05, 0) is 88.3 Å². The van der Waals surface area contributed by atoms with E-state index in [0.29, 0.717) is 24.0 Å². The third kappa shape index (κ3) is 38.1. The average Bonchev–Trinajstić information content (AvgIpc) is 1.62. The fourth-order valence-electron chi connectivity index (χ4n) is 14.7. The second kappa shape index (κ2) is 56.8. The van der Waals surface area contributed by atoms with Crippen LogP contribution in [0, 0.1) is 0 Å². The van der Waals surface area contributed by atoms with Crippen molar-refractivity contribution in [3.8, 4) is 0 Å². The van der Waals surface area contributed by atoms with Crippen molar-refractivity contribution in [1.29, 1.82) is 0 Å². The number of amides is 15. The van der Waals surface area contributed by atoms with Crippen molar-refractivity contribution in [3.05, 3.63) is 71.9 Å². The van der Waals surface area contributed by atoms with Gasteiger partial charge in [0.2, 0.25) is 88.6 Å². The maximum Gasteiger partial charge on any atom is 0.245 e. The number of primary amides is 2. The minimum absolute atomic E-state index is 0.0107. The summed E-state index contributed by atoms with van der Waals surface area (Å²) in [7, 11) is 0. The lowest BCUT2D eigenvalue weighted by Crippen LogP contribution is -2.62. The van der Waals surface area contributed by atoms with Gasteiger partial charge in [-0.2, -0.15) is 0 Å². The molecule has 15 amide bonds. The first-order chi connectivity index (χ1) is 59.4. The van der Waals surface area contributed by atoms with Gasteiger partial charge in [0.1, 0.15) is 66.5 Å². The van der Waals surface area contributed by atoms with Crippen LogP contribution in [-0.2, 0) is 84.8 Å². The number of aromatic amines is 1. The summed E-state index contributed by atoms with van der Waals surface area (Å²) in [5.74, 6) is -14.2. The van der Waals surface area contributed by atoms with Gasteiger partial charge in [-0.15, -0.1) is 0 Å². The number of nitrogens with one attached hydrogen (secondary N) is 13. The van der Waals surface area contributed by atoms with Crippen molar-refractivity contribution in [2.24, 2.45) is 39.4 Å². The molecule has 2 aromatic carbocycles. The number of aliphatic hydroxyl groups is 3. The smallest absolute Gasteiger partial charge is 0.245 e. The topological polar surface area (TPSA) is 649 Å². The van der Waals surface area contributed by atoms with Gasteiger partial charge in [0, 0.05) is 87.8 Å². The van der Waals surface area contributed by atoms with E-state index in [0.717, 1.165) is 48.4 Å². The molecule has 2 aliphatic rings. The highest BCUT2D eigenvalue weighted by molar-refractivity contribution is 6.00. The number of para-hydroxylation sites is 1. The molecule has 2 fully saturated rings. The zero-order chi connectivity index (χ0) is 91.0. The van der Waals surface area contributed by atoms with Gasteiger partial charge in [0.05, 0.1) is 25.4 Å². The van der Waals surface area contributed by atoms with Crippen molar-refractivity contribution < 1.29 is 87.2 Å². The molecule has 3 aromatic rings. The summed E-state index contributed by atoms with van der Waals surface area (Å²) in [5, 5.41) is 64.4. The Bertz CT molecular complexity index is 3960. The summed E-state index contributed by atoms with van der Waals surface area (Å²) in [6.07, 6.45) is 13.5. The summed E-state index contributed by atoms with van der Waals surface area (Å²) >= 11 is 0. The number of nitrogens with zero attached hydrogens (tertiary/aromatic N) is 2. The molecule has 2 aliphatic heterocycles. The lowest BCUT2D eigenvalue weighted by Gasteiger charge is -2.31. The third-order valence-corrected chi connectivity index (χ3v) is 21.9. The van der Waals surface area contributed by atoms with Crippen LogP contribution in [0.4, 0.5) is 0 Å². The van der Waals surface area contributed by atoms with Gasteiger partial charge in [-0.3, -0.25) is 76.9 Å². The maximum absolute atomic E-state index is 15.3. The van der Waals surface area contributed by atoms with Crippen LogP contribution in [0.3, 0.4) is 0 Å². The number of aliphatic hydroxyl groups excluding tert-OH is 3. The van der Waals surface area contributed by atoms with Crippen LogP contribution >= 0.6 is 0 Å². The average molecular weight is 1740 g/mol. The first-order valence-corrected chi connectivity index (χ1v) is 43.9. The lowest BCUT2D eigenvalue weighted by atomic mass is 10.0. The minimum atomic E-state index is -1.94. The van der Waals surface area contributed by atoms with E-state index in [4.69, 9.17) is 34.4 Å². The van der Waals surface area contributed by atoms with Crippen LogP contribution in [0.5, 0.6) is 0 Å². The van der Waals surface area contributed by atoms with E-state index in [9.17, 15) is 82.4 Å². The number of rotatable bonds is 49. The van der Waals surface area contributed by atoms with E-state index in [1.165, 1.54) is 64.2 Å². The highest BCUT2D eigenvalue weighted by Gasteiger charge is 2.44. The first-order valence-electron chi connectivity index (χ1n) is 43.9. The fraction of sp³-hybridized carbons (Fsp3) is 0.647. The summed E-state index contributed by atoms with van der Waals surface area (Å²) in [5.41, 5.74) is 36.5. The molecular formula is C85H137N21O18. The van der Waals surface area contributed by atoms with Crippen LogP contribution in [0.2, 0.25) is 0 Å². The molecule has 2 saturated heterocycles. The Morgan fingerprint density at radius 1 is 0.597 bits per heavy atom. The number of carbonyl (C=O) groups excluding carboxylic acids is 15. The zero-order valence-electron chi connectivity index (χ0n) is 72.1. The van der Waals surface area contributed by atoms with Gasteiger partial charge < -0.3 is 123 Å². The number of aliphatic imine (C=N–C) groups is 1. The van der Waals surface area contributed by atoms with Gasteiger partial charge in [-0.25, -0.2) is 0 Å². The fourth-order valence-corrected chi connectivity index (χ4v) is 14.7. The molecular weight excluding hydrogens is 1600 g/mol. The van der Waals surface area contributed by atoms with Crippen LogP contribution in [0.1, 0.15) is 225 Å². The Balaban J connectivity index is 1.35. The molecule has 39 nitrogen and oxygen atoms in total. The maximum atomic E-state index is 15.3. The van der Waals surface area contributed by atoms with Crippen molar-refractivity contribution in [3.63, 3.8) is 0 Å². The SMILES string of the molecule is CCCCCCCCCCCCCCCCCC(=O)NCC(=O)N[C@@H](CO)C(=O)N[C@H](CCC(N)=O)C(=O)N[C@@H](CC(N)CN)C(=O)N[C@H](C(=O)N[C@@H](CCCC)C(=O)N[C@H]1CCC(=O)NCCCC[C@@H](C(N)=O)NC(=O)[C@H](Cc2c[nH]c3ccccc23)NC(=O)[C@H](CCCN=C(N)N)NC(=O)[C@@H](Cc2ccccc2)NC(=O)[C@@H]2C[C@@H](O)CN2C1=O)C(C)O. The molecule has 28 N–H and O–H groups in total. The summed E-state index contributed by atoms with van der Waals surface area (Å²) in [6.45, 7) is 2.73. The Hall–Kier alpha value is -10.9. The highest BCUT2D eigenvalue weighted by atomic mass is 16.3. The van der Waals surface area contributed by atoms with E-state index in [2.05, 4.69) is 80.7 Å². The predicted molar refractivity (Wildman–Crippen MR) is 464 cm³/mol. The minimum Gasteiger partial charge on any atom is -0.394 e. The number of guanidine groups is 1. The van der Waals surface area contributed by atoms with Gasteiger partial charge in [0.15, 0.2) is 5.96 Å². The van der Waals surface area contributed by atoms with Crippen molar-refractivity contribution in [2.75, 3.05) is 39.3 Å². The van der Waals surface area contributed by atoms with Crippen LogP contribution in [0.25, 0.3) is 10.9 Å². The molecule has 3 heterocycles. The van der Waals surface area contributed by atoms with Gasteiger partial charge in [-0.1, -0.05) is 165 Å². The lowest BCUT2D eigenvalue weighted by molar-refractivity contribution is -0.143. The molecule has 2 unspecified atom stereocenters. The number of aromatic nitrogens is 1. The quantitative estimate of drug-likeness (QED) is 0.0170. The molecule has 39 heteroatoms. The van der Waals surface area contributed by atoms with E-state index in [-0.39, 0.29) is 89.8 Å². The molecule has 0 spiro atoms. The monoisotopic (exact) mass is 1740 g/mol. The van der Waals surface area contributed by atoms with E-state index in [1.807, 2.05) is 12.1 Å². The first kappa shape index (κ1) is 104. The number of hydrogen-bond donors (Lipinski definition) is 22. The number of fused-ring (bicyclic) bond motifs is 2. The van der Waals surface area contributed by atoms with Gasteiger partial charge >= 0.3 is 0 Å². The Kier molecular flexibility index (Phi) is 47.5. The summed E-state index contributed by atoms with van der Waals surface area (Å²) in [6, 6.07) is -3.09. The van der Waals surface area contributed by atoms with Crippen LogP contribution in [-0.4, -0.2) is 244 Å². The normalized spacial score (nSPS) is 20.0. The van der Waals surface area contributed by atoms with E-state index < -0.39 is 232 Å². The zero-order valence-corrected chi connectivity index (χ0v) is 72.1. The Morgan fingerprint density at radius 2 is 1.17 bits per heavy atom. The Morgan fingerprint density at radius 3 is 1.80 bits per heavy atom. The molecule has 124 heavy (non-hydrogen) atoms. The third-order valence-electron chi connectivity index (χ3n) is 21.9. The largest absolute Gasteiger partial charge is 0.394 e. The second-order valence-electron chi connectivity index (χ2n) is 32.3. The number of nitrogens with two attached hydrogens (primary N) is 6. The number of unbranched alkanes of at least 4 members (excludes halogenated alkanes) is 15. The van der Waals surface area contributed by atoms with Crippen molar-refractivity contribution in [1.82, 2.24) is 73.7 Å². The summed E-state index contributed by atoms with van der Waals surface area (Å²) < 4.78 is 0. The molecule has 0 radical (unpaired) electrons. The van der Waals surface area contributed by atoms with Crippen LogP contribution in [0.15, 0.2) is 65.8 Å². The number of H-pyrrole nitrogens is 1. The van der Waals surface area contributed by atoms with E-state index in [1.54, 1.807) is 55.6 Å². The number of carbonyl (C=O) groups is 15. The van der Waals surface area contributed by atoms with Crippen molar-refractivity contribution in [2.45, 2.75) is 311 Å². The standard InChI is InChI=1S/C85H137N21O18/c1-4-6-8-9-10-11-12-13-14-15-16-17-18-19-23-36-70(111)95-49-72(113)96-67(51-107)81(121)99-62(37-39-69(88)110)77(117)103-66(45-55(87)47-86)80(120)105-73(52(3)108)83(123)100-60(32-7-5-2)75(115)101-63-38-40-71(112)92-41-27-26-34-59(74(89)114)97-79(119)65(44-54-48-94-58-33-25-24-31-57(54)58)102-76(116)61(35-28-42-93-85(90)91)98-78(118)64(43-53-29-21-20-22-30-53)104-82(122)68-46-56(109)50-106(68)84(63)124/h20-22,24-25,29-31,33,48,52,55-56,59-68,73,94,107-109H,4-19,23,26-28,32,34-47,49-51,86-87H2,1-3H3,(H2,88,110)(H2,89,114)(H,92,112)(H,95,111)(H,96,113)(H,97,119)(H,98,118)(H,99,121)(H,100,123)(H,101,115)(H,102,116)(H,103,117)(H,104,122)(H,105,120)(H4,90,91,93)/t52?,55?,56-,59+,60+,61+,62-,63+,64-,65+,66+,67+,68+,73+/m1/s1. The summed E-state index contributed by atoms with van der Waals surface area (Å²) in [4.78, 5) is 220. The number of hydrogen-bond acceptors (Lipinski definition) is 21. The van der Waals surface area contributed by atoms with Gasteiger partial charge in [0.25, 0.3) is 0 Å². The highest BCUT2D eigenvalue weighted by Crippen LogP contribution is 2.24. The second-order valence-corrected chi connectivity index (χ2v) is 32.3. The number of benzene rings is 2. The molecule has 0 aliphatic carbocycles.